The summed E-state index contributed by atoms with van der Waals surface area (Å²) in [7, 11) is 1.61. The first-order valence-corrected chi connectivity index (χ1v) is 9.09. The molecule has 26 heavy (non-hydrogen) atoms. The summed E-state index contributed by atoms with van der Waals surface area (Å²) in [4.78, 5) is 12.5. The van der Waals surface area contributed by atoms with E-state index in [1.165, 1.54) is 0 Å². The van der Waals surface area contributed by atoms with Crippen molar-refractivity contribution in [3.8, 4) is 5.69 Å². The normalized spacial score (nSPS) is 16.3. The van der Waals surface area contributed by atoms with Gasteiger partial charge in [0.25, 0.3) is 5.91 Å². The number of aryl methyl sites for hydroxylation is 1. The van der Waals surface area contributed by atoms with Gasteiger partial charge in [0.15, 0.2) is 0 Å². The van der Waals surface area contributed by atoms with E-state index in [1.54, 1.807) is 11.8 Å². The first-order chi connectivity index (χ1) is 12.6. The summed E-state index contributed by atoms with van der Waals surface area (Å²) in [6.45, 7) is 2.20. The molecule has 1 aliphatic heterocycles. The summed E-state index contributed by atoms with van der Waals surface area (Å²) in [6.07, 6.45) is 2.96. The zero-order valence-corrected chi connectivity index (χ0v) is 15.2. The minimum atomic E-state index is -0.690. The maximum Gasteiger partial charge on any atom is 0.252 e. The Bertz CT molecular complexity index is 723. The van der Waals surface area contributed by atoms with E-state index in [0.29, 0.717) is 25.2 Å². The molecule has 7 nitrogen and oxygen atoms in total. The third kappa shape index (κ3) is 4.05. The molecule has 4 N–H and O–H groups in total. The fourth-order valence-electron chi connectivity index (χ4n) is 3.33. The molecule has 1 aromatic heterocycles. The maximum atomic E-state index is 12.5. The van der Waals surface area contributed by atoms with Crippen LogP contribution in [0.2, 0.25) is 0 Å². The van der Waals surface area contributed by atoms with E-state index < -0.39 is 5.60 Å². The molecular weight excluding hydrogens is 330 g/mol. The molecule has 0 unspecified atom stereocenters. The van der Waals surface area contributed by atoms with Gasteiger partial charge >= 0.3 is 0 Å². The van der Waals surface area contributed by atoms with Crippen LogP contribution in [0.15, 0.2) is 36.4 Å². The number of rotatable bonds is 7. The smallest absolute Gasteiger partial charge is 0.252 e. The number of benzene rings is 1. The van der Waals surface area contributed by atoms with Gasteiger partial charge in [-0.15, -0.1) is 0 Å². The van der Waals surface area contributed by atoms with Crippen molar-refractivity contribution in [3.63, 3.8) is 0 Å². The zero-order valence-electron chi connectivity index (χ0n) is 15.2. The van der Waals surface area contributed by atoms with Crippen molar-refractivity contribution < 1.29 is 9.53 Å². The summed E-state index contributed by atoms with van der Waals surface area (Å²) >= 11 is 0. The Kier molecular flexibility index (Phi) is 5.90. The quantitative estimate of drug-likeness (QED) is 0.649. The number of aromatic nitrogens is 2. The Hall–Kier alpha value is -2.38. The molecule has 140 valence electrons. The van der Waals surface area contributed by atoms with E-state index in [9.17, 15) is 4.79 Å². The molecule has 1 aliphatic rings. The molecule has 0 radical (unpaired) electrons. The molecule has 1 aromatic carbocycles. The first kappa shape index (κ1) is 18.4. The van der Waals surface area contributed by atoms with Gasteiger partial charge in [0.2, 0.25) is 0 Å². The van der Waals surface area contributed by atoms with Crippen LogP contribution in [0.3, 0.4) is 0 Å². The second-order valence-electron chi connectivity index (χ2n) is 6.62. The molecule has 0 saturated carbocycles. The molecule has 0 atom stereocenters. The third-order valence-corrected chi connectivity index (χ3v) is 4.90. The van der Waals surface area contributed by atoms with Gasteiger partial charge in [-0.05, 0) is 50.9 Å². The number of nitrogens with one attached hydrogen (secondary N) is 2. The highest BCUT2D eigenvalue weighted by Crippen LogP contribution is 2.22. The lowest BCUT2D eigenvalue weighted by Gasteiger charge is -2.34. The van der Waals surface area contributed by atoms with E-state index in [0.717, 1.165) is 37.3 Å². The highest BCUT2D eigenvalue weighted by Gasteiger charge is 2.39. The first-order valence-electron chi connectivity index (χ1n) is 9.09. The summed E-state index contributed by atoms with van der Waals surface area (Å²) in [5, 5.41) is 10.8. The van der Waals surface area contributed by atoms with E-state index in [-0.39, 0.29) is 5.91 Å². The molecule has 2 aromatic rings. The molecule has 1 saturated heterocycles. The van der Waals surface area contributed by atoms with Crippen LogP contribution in [0.5, 0.6) is 0 Å². The van der Waals surface area contributed by atoms with Crippen LogP contribution in [0.25, 0.3) is 5.69 Å². The van der Waals surface area contributed by atoms with E-state index >= 15 is 0 Å². The highest BCUT2D eigenvalue weighted by atomic mass is 16.5. The van der Waals surface area contributed by atoms with Crippen LogP contribution < -0.4 is 16.4 Å². The maximum absolute atomic E-state index is 12.5. The van der Waals surface area contributed by atoms with Crippen molar-refractivity contribution in [3.05, 3.63) is 42.1 Å². The van der Waals surface area contributed by atoms with Gasteiger partial charge in [0, 0.05) is 19.7 Å². The lowest BCUT2D eigenvalue weighted by Crippen LogP contribution is -2.54. The molecular formula is C19H27N5O2. The Morgan fingerprint density at radius 3 is 2.77 bits per heavy atom. The summed E-state index contributed by atoms with van der Waals surface area (Å²) in [6, 6.07) is 11.7. The predicted octanol–water partition coefficient (Wildman–Crippen LogP) is 1.27. The SMILES string of the molecule is COC1(C(=O)NCCCc2cc(N)n(-c3ccccc3)n2)CCNCC1. The predicted molar refractivity (Wildman–Crippen MR) is 101 cm³/mol. The van der Waals surface area contributed by atoms with Crippen LogP contribution in [0.1, 0.15) is 25.0 Å². The monoisotopic (exact) mass is 357 g/mol. The number of carbonyl (C=O) groups is 1. The minimum Gasteiger partial charge on any atom is -0.384 e. The third-order valence-electron chi connectivity index (χ3n) is 4.90. The number of nitrogens with two attached hydrogens (primary N) is 1. The molecule has 7 heteroatoms. The van der Waals surface area contributed by atoms with Crippen LogP contribution in [-0.4, -0.2) is 48.0 Å². The average molecular weight is 357 g/mol. The summed E-state index contributed by atoms with van der Waals surface area (Å²) in [5.41, 5.74) is 7.24. The number of nitrogen functional groups attached to an aromatic ring is 1. The van der Waals surface area contributed by atoms with Crippen molar-refractivity contribution in [1.29, 1.82) is 0 Å². The van der Waals surface area contributed by atoms with Crippen molar-refractivity contribution >= 4 is 11.7 Å². The van der Waals surface area contributed by atoms with Gasteiger partial charge in [0.1, 0.15) is 11.4 Å². The number of hydrogen-bond donors (Lipinski definition) is 3. The molecule has 1 amide bonds. The Morgan fingerprint density at radius 1 is 1.35 bits per heavy atom. The minimum absolute atomic E-state index is 0.0178. The lowest BCUT2D eigenvalue weighted by molar-refractivity contribution is -0.146. The second kappa shape index (κ2) is 8.33. The van der Waals surface area contributed by atoms with Gasteiger partial charge in [-0.3, -0.25) is 4.79 Å². The van der Waals surface area contributed by atoms with Crippen molar-refractivity contribution in [2.75, 3.05) is 32.5 Å². The second-order valence-corrected chi connectivity index (χ2v) is 6.62. The fraction of sp³-hybridized carbons (Fsp3) is 0.474. The number of amides is 1. The van der Waals surface area contributed by atoms with Gasteiger partial charge in [-0.1, -0.05) is 18.2 Å². The summed E-state index contributed by atoms with van der Waals surface area (Å²) < 4.78 is 7.28. The number of hydrogen-bond acceptors (Lipinski definition) is 5. The van der Waals surface area contributed by atoms with Gasteiger partial charge in [-0.2, -0.15) is 5.10 Å². The van der Waals surface area contributed by atoms with Crippen LogP contribution in [-0.2, 0) is 16.0 Å². The van der Waals surface area contributed by atoms with Crippen molar-refractivity contribution in [2.24, 2.45) is 0 Å². The van der Waals surface area contributed by atoms with E-state index in [2.05, 4.69) is 15.7 Å². The van der Waals surface area contributed by atoms with Crippen molar-refractivity contribution in [1.82, 2.24) is 20.4 Å². The van der Waals surface area contributed by atoms with E-state index in [1.807, 2.05) is 36.4 Å². The summed E-state index contributed by atoms with van der Waals surface area (Å²) in [5.74, 6) is 0.596. The molecule has 0 spiro atoms. The van der Waals surface area contributed by atoms with Crippen molar-refractivity contribution in [2.45, 2.75) is 31.3 Å². The number of nitrogens with zero attached hydrogens (tertiary/aromatic N) is 2. The topological polar surface area (TPSA) is 94.2 Å². The molecule has 3 rings (SSSR count). The van der Waals surface area contributed by atoms with Gasteiger partial charge in [0.05, 0.1) is 11.4 Å². The van der Waals surface area contributed by atoms with E-state index in [4.69, 9.17) is 10.5 Å². The molecule has 2 heterocycles. The number of carbonyl (C=O) groups excluding carboxylic acids is 1. The standard InChI is InChI=1S/C19H27N5O2/c1-26-19(9-12-21-13-10-19)18(25)22-11-5-6-15-14-17(20)24(23-15)16-7-3-2-4-8-16/h2-4,7-8,14,21H,5-6,9-13,20H2,1H3,(H,22,25). The van der Waals surface area contributed by atoms with Crippen LogP contribution >= 0.6 is 0 Å². The van der Waals surface area contributed by atoms with Gasteiger partial charge < -0.3 is 21.1 Å². The Morgan fingerprint density at radius 2 is 2.08 bits per heavy atom. The average Bonchev–Trinajstić information content (AvgIpc) is 3.06. The lowest BCUT2D eigenvalue weighted by atomic mass is 9.91. The molecule has 0 aliphatic carbocycles. The number of anilines is 1. The number of para-hydroxylation sites is 1. The number of ether oxygens (including phenoxy) is 1. The zero-order chi connectivity index (χ0) is 18.4. The Balaban J connectivity index is 1.50. The number of methoxy groups -OCH3 is 1. The number of piperidine rings is 1. The van der Waals surface area contributed by atoms with Gasteiger partial charge in [-0.25, -0.2) is 4.68 Å². The molecule has 1 fully saturated rings. The van der Waals surface area contributed by atoms with Crippen LogP contribution in [0.4, 0.5) is 5.82 Å². The highest BCUT2D eigenvalue weighted by molar-refractivity contribution is 5.85. The molecule has 0 bridgehead atoms. The fourth-order valence-corrected chi connectivity index (χ4v) is 3.33. The largest absolute Gasteiger partial charge is 0.384 e. The van der Waals surface area contributed by atoms with Crippen LogP contribution in [0, 0.1) is 0 Å². The Labute approximate surface area is 153 Å².